The zero-order valence-electron chi connectivity index (χ0n) is 9.79. The average molecular weight is 226 g/mol. The summed E-state index contributed by atoms with van der Waals surface area (Å²) >= 11 is 0. The SMILES string of the molecule is CC(C(=O)N(C)C)n1cncc1C(N)CO. The molecule has 0 radical (unpaired) electrons. The number of imidazole rings is 1. The summed E-state index contributed by atoms with van der Waals surface area (Å²) in [5.41, 5.74) is 6.38. The predicted octanol–water partition coefficient (Wildman–Crippen LogP) is -0.476. The summed E-state index contributed by atoms with van der Waals surface area (Å²) in [4.78, 5) is 17.2. The molecule has 1 aromatic heterocycles. The van der Waals surface area contributed by atoms with Crippen LogP contribution >= 0.6 is 0 Å². The third-order valence-corrected chi connectivity index (χ3v) is 2.49. The van der Waals surface area contributed by atoms with Crippen molar-refractivity contribution in [3.63, 3.8) is 0 Å². The van der Waals surface area contributed by atoms with Crippen molar-refractivity contribution in [2.45, 2.75) is 19.0 Å². The summed E-state index contributed by atoms with van der Waals surface area (Å²) in [5, 5.41) is 9.00. The Morgan fingerprint density at radius 3 is 2.81 bits per heavy atom. The molecule has 2 unspecified atom stereocenters. The van der Waals surface area contributed by atoms with Crippen molar-refractivity contribution in [3.05, 3.63) is 18.2 Å². The molecule has 0 aliphatic heterocycles. The van der Waals surface area contributed by atoms with Gasteiger partial charge in [-0.25, -0.2) is 4.98 Å². The number of amides is 1. The highest BCUT2D eigenvalue weighted by Gasteiger charge is 2.21. The number of aromatic nitrogens is 2. The quantitative estimate of drug-likeness (QED) is 0.726. The van der Waals surface area contributed by atoms with E-state index in [1.807, 2.05) is 0 Å². The lowest BCUT2D eigenvalue weighted by Crippen LogP contribution is -2.31. The molecule has 3 N–H and O–H groups in total. The Hall–Kier alpha value is -1.40. The van der Waals surface area contributed by atoms with Crippen LogP contribution < -0.4 is 5.73 Å². The van der Waals surface area contributed by atoms with E-state index in [4.69, 9.17) is 10.8 Å². The van der Waals surface area contributed by atoms with Gasteiger partial charge in [0.15, 0.2) is 0 Å². The van der Waals surface area contributed by atoms with Crippen molar-refractivity contribution >= 4 is 5.91 Å². The fraction of sp³-hybridized carbons (Fsp3) is 0.600. The van der Waals surface area contributed by atoms with Crippen LogP contribution in [-0.4, -0.2) is 46.2 Å². The molecule has 90 valence electrons. The number of likely N-dealkylation sites (N-methyl/N-ethyl adjacent to an activating group) is 1. The van der Waals surface area contributed by atoms with Gasteiger partial charge in [-0.3, -0.25) is 4.79 Å². The van der Waals surface area contributed by atoms with E-state index in [9.17, 15) is 4.79 Å². The molecule has 0 saturated heterocycles. The first-order valence-electron chi connectivity index (χ1n) is 5.08. The molecule has 6 heteroatoms. The monoisotopic (exact) mass is 226 g/mol. The normalized spacial score (nSPS) is 14.6. The van der Waals surface area contributed by atoms with Crippen molar-refractivity contribution in [2.24, 2.45) is 5.73 Å². The van der Waals surface area contributed by atoms with Crippen molar-refractivity contribution in [2.75, 3.05) is 20.7 Å². The molecule has 0 saturated carbocycles. The molecule has 0 bridgehead atoms. The van der Waals surface area contributed by atoms with Crippen molar-refractivity contribution in [3.8, 4) is 0 Å². The number of hydrogen-bond donors (Lipinski definition) is 2. The molecule has 0 spiro atoms. The summed E-state index contributed by atoms with van der Waals surface area (Å²) in [7, 11) is 3.39. The molecule has 0 aliphatic carbocycles. The highest BCUT2D eigenvalue weighted by atomic mass is 16.3. The predicted molar refractivity (Wildman–Crippen MR) is 59.6 cm³/mol. The van der Waals surface area contributed by atoms with Gasteiger partial charge in [-0.15, -0.1) is 0 Å². The van der Waals surface area contributed by atoms with Gasteiger partial charge in [0.05, 0.1) is 24.7 Å². The first-order chi connectivity index (χ1) is 7.49. The number of hydrogen-bond acceptors (Lipinski definition) is 4. The first-order valence-corrected chi connectivity index (χ1v) is 5.08. The molecule has 1 aromatic rings. The lowest BCUT2D eigenvalue weighted by atomic mass is 10.2. The van der Waals surface area contributed by atoms with Crippen LogP contribution in [0.5, 0.6) is 0 Å². The van der Waals surface area contributed by atoms with Crippen LogP contribution in [0.2, 0.25) is 0 Å². The molecule has 0 aromatic carbocycles. The Kier molecular flexibility index (Phi) is 4.03. The maximum absolute atomic E-state index is 11.8. The molecule has 0 aliphatic rings. The average Bonchev–Trinajstić information content (AvgIpc) is 2.74. The second-order valence-corrected chi connectivity index (χ2v) is 3.92. The van der Waals surface area contributed by atoms with Crippen LogP contribution in [0.3, 0.4) is 0 Å². The van der Waals surface area contributed by atoms with Gasteiger partial charge in [-0.05, 0) is 6.92 Å². The van der Waals surface area contributed by atoms with E-state index in [1.165, 1.54) is 4.90 Å². The number of aliphatic hydroxyl groups is 1. The third kappa shape index (κ3) is 2.40. The number of carbonyl (C=O) groups excluding carboxylic acids is 1. The van der Waals surface area contributed by atoms with Crippen LogP contribution in [-0.2, 0) is 4.79 Å². The Labute approximate surface area is 94.7 Å². The van der Waals surface area contributed by atoms with Crippen LogP contribution in [0.1, 0.15) is 24.7 Å². The zero-order chi connectivity index (χ0) is 12.3. The van der Waals surface area contributed by atoms with Gasteiger partial charge in [-0.2, -0.15) is 0 Å². The number of nitrogens with zero attached hydrogens (tertiary/aromatic N) is 3. The van der Waals surface area contributed by atoms with Crippen molar-refractivity contribution in [1.29, 1.82) is 0 Å². The van der Waals surface area contributed by atoms with E-state index in [-0.39, 0.29) is 18.6 Å². The number of rotatable bonds is 4. The van der Waals surface area contributed by atoms with Gasteiger partial charge in [0.25, 0.3) is 0 Å². The summed E-state index contributed by atoms with van der Waals surface area (Å²) in [6.07, 6.45) is 3.12. The van der Waals surface area contributed by atoms with E-state index < -0.39 is 6.04 Å². The highest BCUT2D eigenvalue weighted by Crippen LogP contribution is 2.16. The highest BCUT2D eigenvalue weighted by molar-refractivity contribution is 5.79. The van der Waals surface area contributed by atoms with E-state index >= 15 is 0 Å². The molecule has 1 rings (SSSR count). The molecule has 1 heterocycles. The first kappa shape index (κ1) is 12.7. The standard InChI is InChI=1S/C10H18N4O2/c1-7(10(16)13(2)3)14-6-12-4-9(14)8(11)5-15/h4,6-8,15H,5,11H2,1-3H3. The van der Waals surface area contributed by atoms with Gasteiger partial charge in [0, 0.05) is 20.3 Å². The van der Waals surface area contributed by atoms with Gasteiger partial charge >= 0.3 is 0 Å². The van der Waals surface area contributed by atoms with E-state index in [0.29, 0.717) is 5.69 Å². The maximum Gasteiger partial charge on any atom is 0.244 e. The van der Waals surface area contributed by atoms with E-state index in [1.54, 1.807) is 38.1 Å². The maximum atomic E-state index is 11.8. The molecular weight excluding hydrogens is 208 g/mol. The molecule has 1 amide bonds. The molecule has 0 fully saturated rings. The smallest absolute Gasteiger partial charge is 0.244 e. The summed E-state index contributed by atoms with van der Waals surface area (Å²) in [5.74, 6) is -0.0376. The number of aliphatic hydroxyl groups excluding tert-OH is 1. The van der Waals surface area contributed by atoms with Crippen LogP contribution in [0, 0.1) is 0 Å². The second-order valence-electron chi connectivity index (χ2n) is 3.92. The molecule has 2 atom stereocenters. The lowest BCUT2D eigenvalue weighted by Gasteiger charge is -2.21. The largest absolute Gasteiger partial charge is 0.394 e. The fourth-order valence-corrected chi connectivity index (χ4v) is 1.51. The molecular formula is C10H18N4O2. The lowest BCUT2D eigenvalue weighted by molar-refractivity contribution is -0.131. The van der Waals surface area contributed by atoms with E-state index in [2.05, 4.69) is 4.98 Å². The molecule has 6 nitrogen and oxygen atoms in total. The van der Waals surface area contributed by atoms with Gasteiger partial charge in [0.1, 0.15) is 6.04 Å². The molecule has 16 heavy (non-hydrogen) atoms. The summed E-state index contributed by atoms with van der Waals surface area (Å²) in [6, 6.07) is -0.884. The van der Waals surface area contributed by atoms with Gasteiger partial charge < -0.3 is 20.3 Å². The number of carbonyl (C=O) groups is 1. The third-order valence-electron chi connectivity index (χ3n) is 2.49. The van der Waals surface area contributed by atoms with Crippen LogP contribution in [0.4, 0.5) is 0 Å². The Bertz CT molecular complexity index is 361. The van der Waals surface area contributed by atoms with Gasteiger partial charge in [0.2, 0.25) is 5.91 Å². The topological polar surface area (TPSA) is 84.4 Å². The minimum Gasteiger partial charge on any atom is -0.394 e. The zero-order valence-corrected chi connectivity index (χ0v) is 9.79. The van der Waals surface area contributed by atoms with Crippen molar-refractivity contribution < 1.29 is 9.90 Å². The van der Waals surface area contributed by atoms with Gasteiger partial charge in [-0.1, -0.05) is 0 Å². The summed E-state index contributed by atoms with van der Waals surface area (Å²) in [6.45, 7) is 1.60. The Balaban J connectivity index is 2.96. The van der Waals surface area contributed by atoms with E-state index in [0.717, 1.165) is 0 Å². The Morgan fingerprint density at radius 1 is 1.69 bits per heavy atom. The summed E-state index contributed by atoms with van der Waals surface area (Å²) < 4.78 is 1.68. The van der Waals surface area contributed by atoms with Crippen molar-refractivity contribution in [1.82, 2.24) is 14.5 Å². The second kappa shape index (κ2) is 5.09. The minimum atomic E-state index is -0.514. The fourth-order valence-electron chi connectivity index (χ4n) is 1.51. The minimum absolute atomic E-state index is 0.0376. The van der Waals surface area contributed by atoms with Crippen LogP contribution in [0.15, 0.2) is 12.5 Å². The van der Waals surface area contributed by atoms with Crippen LogP contribution in [0.25, 0.3) is 0 Å². The number of nitrogens with two attached hydrogens (primary N) is 1. The Morgan fingerprint density at radius 2 is 2.31 bits per heavy atom.